The van der Waals surface area contributed by atoms with Crippen LogP contribution in [0.1, 0.15) is 29.9 Å². The Balaban J connectivity index is 0.865. The van der Waals surface area contributed by atoms with Gasteiger partial charge in [0.15, 0.2) is 5.76 Å². The van der Waals surface area contributed by atoms with E-state index in [2.05, 4.69) is 20.4 Å². The Bertz CT molecular complexity index is 1650. The Morgan fingerprint density at radius 3 is 2.86 bits per heavy atom. The van der Waals surface area contributed by atoms with Crippen LogP contribution < -0.4 is 14.8 Å². The molecule has 0 atom stereocenters. The monoisotopic (exact) mass is 589 g/mol. The SMILES string of the molecule is Cc1c(C)n(C(=O)NCCOCCOc2cc(CN3CCC(Oc4ccnc5ccsc45)CC3)on2)c2ccccc12. The Morgan fingerprint density at radius 1 is 1.12 bits per heavy atom. The molecule has 0 unspecified atom stereocenters. The van der Waals surface area contributed by atoms with E-state index >= 15 is 0 Å². The highest BCUT2D eigenvalue weighted by atomic mass is 32.1. The smallest absolute Gasteiger partial charge is 0.326 e. The average molecular weight is 590 g/mol. The molecule has 4 aromatic heterocycles. The number of rotatable bonds is 11. The number of nitrogens with zero attached hydrogens (tertiary/aromatic N) is 4. The van der Waals surface area contributed by atoms with Crippen molar-refractivity contribution in [1.82, 2.24) is 24.9 Å². The van der Waals surface area contributed by atoms with Gasteiger partial charge in [-0.2, -0.15) is 0 Å². The normalized spacial score (nSPS) is 14.5. The van der Waals surface area contributed by atoms with Gasteiger partial charge in [-0.05, 0) is 61.0 Å². The Kier molecular flexibility index (Phi) is 8.68. The number of pyridine rings is 1. The maximum Gasteiger partial charge on any atom is 0.326 e. The lowest BCUT2D eigenvalue weighted by Gasteiger charge is -2.31. The van der Waals surface area contributed by atoms with Crippen molar-refractivity contribution >= 4 is 38.5 Å². The molecule has 1 fully saturated rings. The minimum Gasteiger partial charge on any atom is -0.489 e. The van der Waals surface area contributed by atoms with Gasteiger partial charge in [-0.3, -0.25) is 14.5 Å². The summed E-state index contributed by atoms with van der Waals surface area (Å²) < 4.78 is 26.0. The van der Waals surface area contributed by atoms with E-state index in [0.717, 1.165) is 69.8 Å². The molecule has 1 aliphatic heterocycles. The summed E-state index contributed by atoms with van der Waals surface area (Å²) in [6, 6.07) is 13.6. The van der Waals surface area contributed by atoms with Gasteiger partial charge >= 0.3 is 6.03 Å². The summed E-state index contributed by atoms with van der Waals surface area (Å²) in [7, 11) is 0. The molecule has 5 heterocycles. The van der Waals surface area contributed by atoms with Crippen LogP contribution in [0.5, 0.6) is 11.6 Å². The van der Waals surface area contributed by atoms with Crippen molar-refractivity contribution in [1.29, 1.82) is 0 Å². The van der Waals surface area contributed by atoms with Gasteiger partial charge in [-0.1, -0.05) is 18.2 Å². The minimum absolute atomic E-state index is 0.155. The third kappa shape index (κ3) is 6.28. The number of aromatic nitrogens is 3. The highest BCUT2D eigenvalue weighted by molar-refractivity contribution is 7.17. The second kappa shape index (κ2) is 12.9. The fraction of sp³-hybridized carbons (Fsp3) is 0.387. The number of piperidine rings is 1. The van der Waals surface area contributed by atoms with E-state index in [1.807, 2.05) is 67.9 Å². The highest BCUT2D eigenvalue weighted by Crippen LogP contribution is 2.31. The number of carbonyl (C=O) groups excluding carboxylic acids is 1. The van der Waals surface area contributed by atoms with Crippen molar-refractivity contribution in [2.75, 3.05) is 39.5 Å². The van der Waals surface area contributed by atoms with Crippen LogP contribution in [-0.4, -0.2) is 71.2 Å². The number of ether oxygens (including phenoxy) is 3. The molecular formula is C31H35N5O5S. The predicted molar refractivity (Wildman–Crippen MR) is 162 cm³/mol. The fourth-order valence-corrected chi connectivity index (χ4v) is 6.18. The number of thiophene rings is 1. The third-order valence-corrected chi connectivity index (χ3v) is 8.60. The van der Waals surface area contributed by atoms with E-state index in [9.17, 15) is 4.79 Å². The molecule has 1 saturated heterocycles. The molecule has 1 aromatic carbocycles. The number of hydrogen-bond donors (Lipinski definition) is 1. The highest BCUT2D eigenvalue weighted by Gasteiger charge is 2.23. The lowest BCUT2D eigenvalue weighted by molar-refractivity contribution is 0.0920. The number of aryl methyl sites for hydroxylation is 1. The number of fused-ring (bicyclic) bond motifs is 2. The van der Waals surface area contributed by atoms with Crippen LogP contribution in [0.2, 0.25) is 0 Å². The van der Waals surface area contributed by atoms with Gasteiger partial charge in [0.25, 0.3) is 5.88 Å². The molecule has 0 radical (unpaired) electrons. The topological polar surface area (TPSA) is 104 Å². The molecule has 1 N–H and O–H groups in total. The lowest BCUT2D eigenvalue weighted by Crippen LogP contribution is -2.37. The Hall–Kier alpha value is -3.93. The number of hydrogen-bond acceptors (Lipinski definition) is 9. The van der Waals surface area contributed by atoms with E-state index in [-0.39, 0.29) is 12.1 Å². The van der Waals surface area contributed by atoms with E-state index in [4.69, 9.17) is 18.7 Å². The van der Waals surface area contributed by atoms with Crippen LogP contribution in [0, 0.1) is 13.8 Å². The van der Waals surface area contributed by atoms with Gasteiger partial charge in [-0.15, -0.1) is 11.3 Å². The molecule has 0 aliphatic carbocycles. The number of amides is 1. The van der Waals surface area contributed by atoms with E-state index in [1.54, 1.807) is 15.9 Å². The summed E-state index contributed by atoms with van der Waals surface area (Å²) in [5, 5.41) is 10.1. The van der Waals surface area contributed by atoms with Crippen molar-refractivity contribution in [3.8, 4) is 11.6 Å². The third-order valence-electron chi connectivity index (χ3n) is 7.68. The van der Waals surface area contributed by atoms with Crippen LogP contribution in [0.4, 0.5) is 4.79 Å². The zero-order chi connectivity index (χ0) is 28.9. The first-order valence-electron chi connectivity index (χ1n) is 14.3. The first-order chi connectivity index (χ1) is 20.6. The summed E-state index contributed by atoms with van der Waals surface area (Å²) in [6.45, 7) is 8.03. The van der Waals surface area contributed by atoms with Gasteiger partial charge in [0, 0.05) is 43.0 Å². The molecule has 0 saturated carbocycles. The summed E-state index contributed by atoms with van der Waals surface area (Å²) in [5.74, 6) is 2.14. The maximum absolute atomic E-state index is 12.8. The molecule has 1 aliphatic rings. The molecule has 11 heteroatoms. The molecular weight excluding hydrogens is 554 g/mol. The van der Waals surface area contributed by atoms with Crippen LogP contribution in [0.25, 0.3) is 21.1 Å². The number of para-hydroxylation sites is 1. The largest absolute Gasteiger partial charge is 0.489 e. The van der Waals surface area contributed by atoms with Crippen molar-refractivity contribution in [2.24, 2.45) is 0 Å². The Morgan fingerprint density at radius 2 is 1.98 bits per heavy atom. The fourth-order valence-electron chi connectivity index (χ4n) is 5.37. The van der Waals surface area contributed by atoms with Gasteiger partial charge in [-0.25, -0.2) is 4.79 Å². The molecule has 10 nitrogen and oxygen atoms in total. The van der Waals surface area contributed by atoms with Gasteiger partial charge < -0.3 is 24.1 Å². The number of carbonyl (C=O) groups is 1. The predicted octanol–water partition coefficient (Wildman–Crippen LogP) is 5.55. The van der Waals surface area contributed by atoms with Crippen molar-refractivity contribution in [2.45, 2.75) is 39.3 Å². The first kappa shape index (κ1) is 28.2. The summed E-state index contributed by atoms with van der Waals surface area (Å²) in [6.07, 6.45) is 3.90. The van der Waals surface area contributed by atoms with Crippen molar-refractivity contribution in [3.05, 3.63) is 71.1 Å². The van der Waals surface area contributed by atoms with E-state index in [1.165, 1.54) is 0 Å². The van der Waals surface area contributed by atoms with Crippen LogP contribution in [0.3, 0.4) is 0 Å². The van der Waals surface area contributed by atoms with Crippen LogP contribution >= 0.6 is 11.3 Å². The second-order valence-electron chi connectivity index (χ2n) is 10.4. The minimum atomic E-state index is -0.155. The average Bonchev–Trinajstić information content (AvgIpc) is 3.73. The zero-order valence-electron chi connectivity index (χ0n) is 23.9. The first-order valence-corrected chi connectivity index (χ1v) is 15.2. The summed E-state index contributed by atoms with van der Waals surface area (Å²) >= 11 is 1.67. The summed E-state index contributed by atoms with van der Waals surface area (Å²) in [4.78, 5) is 19.5. The molecule has 5 aromatic rings. The molecule has 6 rings (SSSR count). The summed E-state index contributed by atoms with van der Waals surface area (Å²) in [5.41, 5.74) is 3.95. The number of benzene rings is 1. The van der Waals surface area contributed by atoms with Crippen molar-refractivity contribution in [3.63, 3.8) is 0 Å². The van der Waals surface area contributed by atoms with Gasteiger partial charge in [0.05, 0.1) is 35.5 Å². The second-order valence-corrected chi connectivity index (χ2v) is 11.3. The van der Waals surface area contributed by atoms with Crippen LogP contribution in [0.15, 0.2) is 58.6 Å². The zero-order valence-corrected chi connectivity index (χ0v) is 24.7. The van der Waals surface area contributed by atoms with Crippen LogP contribution in [-0.2, 0) is 11.3 Å². The quantitative estimate of drug-likeness (QED) is 0.200. The molecule has 0 bridgehead atoms. The molecule has 220 valence electrons. The lowest BCUT2D eigenvalue weighted by atomic mass is 10.1. The molecule has 0 spiro atoms. The van der Waals surface area contributed by atoms with E-state index in [0.29, 0.717) is 38.8 Å². The van der Waals surface area contributed by atoms with E-state index < -0.39 is 0 Å². The maximum atomic E-state index is 12.8. The number of nitrogens with one attached hydrogen (secondary N) is 1. The molecule has 1 amide bonds. The molecule has 42 heavy (non-hydrogen) atoms. The Labute approximate surface area is 248 Å². The number of likely N-dealkylation sites (tertiary alicyclic amines) is 1. The van der Waals surface area contributed by atoms with Crippen molar-refractivity contribution < 1.29 is 23.5 Å². The van der Waals surface area contributed by atoms with Gasteiger partial charge in [0.2, 0.25) is 0 Å². The standard InChI is InChI=1S/C31H35N5O5S/c1-21-22(2)36(27-6-4-3-5-25(21)27)31(37)33-12-15-38-16-17-39-29-19-24(41-34-29)20-35-13-8-23(9-14-35)40-28-7-11-32-26-10-18-42-30(26)28/h3-7,10-11,18-19,23H,8-9,12-17,20H2,1-2H3,(H,33,37). The van der Waals surface area contributed by atoms with Gasteiger partial charge in [0.1, 0.15) is 18.5 Å².